The maximum atomic E-state index is 13.8. The molecule has 0 saturated heterocycles. The Balaban J connectivity index is 1.11. The first kappa shape index (κ1) is 31.4. The summed E-state index contributed by atoms with van der Waals surface area (Å²) in [5, 5.41) is 11.1. The van der Waals surface area contributed by atoms with Crippen LogP contribution in [0.25, 0.3) is 132 Å². The number of furan rings is 2. The van der Waals surface area contributed by atoms with Crippen molar-refractivity contribution in [2.45, 2.75) is 0 Å². The number of halogens is 1. The standard InChI is InChI=1S/C53H28FNO3/c54-32-20-15-29(16-21-32)31-19-26-48-45(27-31)55-53(58-48)44-28-43(42-12-6-11-41-35-8-2-4-14-47(35)57-52(41)42)37-23-18-30-17-22-33(36-24-25-38(44)50(37)49(30)36)39-9-5-10-40-34-7-1-3-13-46(34)56-51(39)40/h1-28H. The van der Waals surface area contributed by atoms with Crippen LogP contribution in [0.1, 0.15) is 0 Å². The third-order valence-corrected chi connectivity index (χ3v) is 12.0. The van der Waals surface area contributed by atoms with Crippen LogP contribution in [0.5, 0.6) is 0 Å². The molecule has 0 saturated carbocycles. The quantitative estimate of drug-likeness (QED) is 0.168. The zero-order valence-electron chi connectivity index (χ0n) is 30.7. The Morgan fingerprint density at radius 2 is 0.948 bits per heavy atom. The topological polar surface area (TPSA) is 52.3 Å². The van der Waals surface area contributed by atoms with Crippen molar-refractivity contribution in [3.8, 4) is 44.8 Å². The van der Waals surface area contributed by atoms with E-state index in [1.807, 2.05) is 42.5 Å². The van der Waals surface area contributed by atoms with Crippen LogP contribution >= 0.6 is 0 Å². The summed E-state index contributed by atoms with van der Waals surface area (Å²) in [7, 11) is 0. The molecular formula is C53H28FNO3. The van der Waals surface area contributed by atoms with Gasteiger partial charge in [-0.05, 0) is 97.0 Å². The summed E-state index contributed by atoms with van der Waals surface area (Å²) in [5.41, 5.74) is 11.7. The third kappa shape index (κ3) is 4.41. The minimum atomic E-state index is -0.268. The van der Waals surface area contributed by atoms with Crippen molar-refractivity contribution in [2.75, 3.05) is 0 Å². The molecule has 13 aromatic rings. The van der Waals surface area contributed by atoms with E-state index in [1.54, 1.807) is 12.1 Å². The zero-order valence-corrected chi connectivity index (χ0v) is 30.7. The molecular weight excluding hydrogens is 718 g/mol. The summed E-state index contributed by atoms with van der Waals surface area (Å²) < 4.78 is 33.7. The molecule has 0 radical (unpaired) electrons. The van der Waals surface area contributed by atoms with E-state index in [0.29, 0.717) is 11.5 Å². The molecule has 0 atom stereocenters. The fraction of sp³-hybridized carbons (Fsp3) is 0. The van der Waals surface area contributed by atoms with Crippen molar-refractivity contribution in [2.24, 2.45) is 0 Å². The van der Waals surface area contributed by atoms with Crippen LogP contribution in [0.4, 0.5) is 4.39 Å². The van der Waals surface area contributed by atoms with Crippen LogP contribution in [0.2, 0.25) is 0 Å². The highest BCUT2D eigenvalue weighted by Gasteiger charge is 2.24. The Morgan fingerprint density at radius 1 is 0.362 bits per heavy atom. The predicted molar refractivity (Wildman–Crippen MR) is 234 cm³/mol. The van der Waals surface area contributed by atoms with Gasteiger partial charge in [0.25, 0.3) is 0 Å². The number of nitrogens with zero attached hydrogens (tertiary/aromatic N) is 1. The van der Waals surface area contributed by atoms with Crippen molar-refractivity contribution in [1.82, 2.24) is 4.98 Å². The van der Waals surface area contributed by atoms with Crippen molar-refractivity contribution < 1.29 is 17.6 Å². The lowest BCUT2D eigenvalue weighted by molar-refractivity contribution is 0.620. The molecule has 3 aromatic heterocycles. The predicted octanol–water partition coefficient (Wildman–Crippen LogP) is 15.3. The van der Waals surface area contributed by atoms with Gasteiger partial charge in [0.15, 0.2) is 5.58 Å². The van der Waals surface area contributed by atoms with Crippen LogP contribution in [0.15, 0.2) is 183 Å². The van der Waals surface area contributed by atoms with E-state index in [0.717, 1.165) is 121 Å². The smallest absolute Gasteiger partial charge is 0.227 e. The largest absolute Gasteiger partial charge is 0.455 e. The summed E-state index contributed by atoms with van der Waals surface area (Å²) in [4.78, 5) is 5.14. The summed E-state index contributed by atoms with van der Waals surface area (Å²) in [5.74, 6) is 0.255. The highest BCUT2D eigenvalue weighted by atomic mass is 19.1. The minimum absolute atomic E-state index is 0.268. The summed E-state index contributed by atoms with van der Waals surface area (Å²) >= 11 is 0. The Hall–Kier alpha value is -7.76. The van der Waals surface area contributed by atoms with Crippen LogP contribution in [-0.2, 0) is 0 Å². The average molecular weight is 746 g/mol. The average Bonchev–Trinajstić information content (AvgIpc) is 3.99. The van der Waals surface area contributed by atoms with Crippen LogP contribution in [0, 0.1) is 5.82 Å². The van der Waals surface area contributed by atoms with Gasteiger partial charge in [0.1, 0.15) is 33.7 Å². The normalized spacial score (nSPS) is 12.2. The van der Waals surface area contributed by atoms with Crippen LogP contribution < -0.4 is 0 Å². The summed E-state index contributed by atoms with van der Waals surface area (Å²) in [6.07, 6.45) is 0. The molecule has 0 bridgehead atoms. The molecule has 0 spiro atoms. The van der Waals surface area contributed by atoms with E-state index in [1.165, 1.54) is 12.1 Å². The molecule has 270 valence electrons. The first-order valence-corrected chi connectivity index (χ1v) is 19.4. The van der Waals surface area contributed by atoms with Crippen LogP contribution in [0.3, 0.4) is 0 Å². The molecule has 10 aromatic carbocycles. The van der Waals surface area contributed by atoms with Crippen molar-refractivity contribution in [3.63, 3.8) is 0 Å². The molecule has 0 aliphatic carbocycles. The third-order valence-electron chi connectivity index (χ3n) is 12.0. The van der Waals surface area contributed by atoms with Crippen molar-refractivity contribution >= 4 is 87.3 Å². The maximum Gasteiger partial charge on any atom is 0.227 e. The Bertz CT molecular complexity index is 3810. The van der Waals surface area contributed by atoms with Gasteiger partial charge in [-0.2, -0.15) is 0 Å². The van der Waals surface area contributed by atoms with Gasteiger partial charge in [0, 0.05) is 38.2 Å². The molecule has 13 rings (SSSR count). The summed E-state index contributed by atoms with van der Waals surface area (Å²) in [6.45, 7) is 0. The summed E-state index contributed by atoms with van der Waals surface area (Å²) in [6, 6.07) is 57.3. The number of benzene rings is 10. The molecule has 3 heterocycles. The zero-order chi connectivity index (χ0) is 38.1. The number of hydrogen-bond donors (Lipinski definition) is 0. The first-order valence-electron chi connectivity index (χ1n) is 19.4. The van der Waals surface area contributed by atoms with E-state index in [2.05, 4.69) is 103 Å². The van der Waals surface area contributed by atoms with Gasteiger partial charge >= 0.3 is 0 Å². The second kappa shape index (κ2) is 11.6. The minimum Gasteiger partial charge on any atom is -0.455 e. The van der Waals surface area contributed by atoms with Gasteiger partial charge < -0.3 is 13.3 Å². The molecule has 0 aliphatic heterocycles. The Kier molecular flexibility index (Phi) is 6.31. The molecule has 58 heavy (non-hydrogen) atoms. The molecule has 0 unspecified atom stereocenters. The van der Waals surface area contributed by atoms with E-state index in [4.69, 9.17) is 18.2 Å². The van der Waals surface area contributed by atoms with Gasteiger partial charge in [0.05, 0.1) is 0 Å². The Morgan fingerprint density at radius 3 is 1.67 bits per heavy atom. The van der Waals surface area contributed by atoms with E-state index >= 15 is 0 Å². The second-order valence-corrected chi connectivity index (χ2v) is 15.1. The highest BCUT2D eigenvalue weighted by molar-refractivity contribution is 6.31. The fourth-order valence-electron chi connectivity index (χ4n) is 9.31. The van der Waals surface area contributed by atoms with Gasteiger partial charge in [0.2, 0.25) is 5.89 Å². The van der Waals surface area contributed by atoms with Crippen molar-refractivity contribution in [3.05, 3.63) is 176 Å². The van der Waals surface area contributed by atoms with Gasteiger partial charge in [-0.15, -0.1) is 0 Å². The van der Waals surface area contributed by atoms with Gasteiger partial charge in [-0.1, -0.05) is 127 Å². The SMILES string of the molecule is Fc1ccc(-c2ccc3oc(-c4cc(-c5cccc6c5oc5ccccc56)c5ccc6ccc(-c7cccc8c7oc7ccccc78)c7ccc4c5c67)nc3c2)cc1. The van der Waals surface area contributed by atoms with Crippen LogP contribution in [-0.4, -0.2) is 4.98 Å². The lowest BCUT2D eigenvalue weighted by atomic mass is 9.85. The monoisotopic (exact) mass is 745 g/mol. The lowest BCUT2D eigenvalue weighted by Gasteiger charge is -2.18. The molecule has 0 amide bonds. The van der Waals surface area contributed by atoms with Crippen molar-refractivity contribution in [1.29, 1.82) is 0 Å². The molecule has 5 heteroatoms. The van der Waals surface area contributed by atoms with Gasteiger partial charge in [-0.25, -0.2) is 9.37 Å². The Labute approximate surface area is 329 Å². The van der Waals surface area contributed by atoms with E-state index < -0.39 is 0 Å². The first-order chi connectivity index (χ1) is 28.6. The number of oxazole rings is 1. The molecule has 4 nitrogen and oxygen atoms in total. The van der Waals surface area contributed by atoms with Gasteiger partial charge in [-0.3, -0.25) is 0 Å². The number of aromatic nitrogens is 1. The van der Waals surface area contributed by atoms with E-state index in [9.17, 15) is 4.39 Å². The lowest BCUT2D eigenvalue weighted by Crippen LogP contribution is -1.93. The van der Waals surface area contributed by atoms with E-state index in [-0.39, 0.29) is 5.82 Å². The highest BCUT2D eigenvalue weighted by Crippen LogP contribution is 2.49. The molecule has 0 aliphatic rings. The molecule has 0 fully saturated rings. The maximum absolute atomic E-state index is 13.8. The number of fused-ring (bicyclic) bond motifs is 7. The second-order valence-electron chi connectivity index (χ2n) is 15.1. The molecule has 0 N–H and O–H groups in total. The number of hydrogen-bond acceptors (Lipinski definition) is 4. The fourth-order valence-corrected chi connectivity index (χ4v) is 9.31. The number of para-hydroxylation sites is 4. The number of rotatable bonds is 4.